The zero-order chi connectivity index (χ0) is 17.1. The second kappa shape index (κ2) is 7.03. The number of anilines is 2. The summed E-state index contributed by atoms with van der Waals surface area (Å²) < 4.78 is 0. The third-order valence-corrected chi connectivity index (χ3v) is 5.09. The summed E-state index contributed by atoms with van der Waals surface area (Å²) in [5, 5.41) is 5.83. The van der Waals surface area contributed by atoms with Crippen LogP contribution < -0.4 is 10.2 Å². The van der Waals surface area contributed by atoms with E-state index in [1.165, 1.54) is 12.8 Å². The van der Waals surface area contributed by atoms with Crippen molar-refractivity contribution < 1.29 is 4.79 Å². The third-order valence-electron chi connectivity index (χ3n) is 4.27. The number of carbonyl (C=O) groups is 1. The predicted molar refractivity (Wildman–Crippen MR) is 101 cm³/mol. The highest BCUT2D eigenvalue weighted by Gasteiger charge is 2.15. The van der Waals surface area contributed by atoms with Crippen LogP contribution in [0.4, 0.5) is 11.4 Å². The van der Waals surface area contributed by atoms with Gasteiger partial charge in [-0.3, -0.25) is 9.78 Å². The lowest BCUT2D eigenvalue weighted by Crippen LogP contribution is -2.19. The number of amides is 1. The van der Waals surface area contributed by atoms with Crippen molar-refractivity contribution in [3.05, 3.63) is 59.9 Å². The van der Waals surface area contributed by atoms with Gasteiger partial charge in [0.2, 0.25) is 0 Å². The molecule has 1 aliphatic heterocycles. The summed E-state index contributed by atoms with van der Waals surface area (Å²) >= 11 is 1.59. The lowest BCUT2D eigenvalue weighted by atomic mass is 10.2. The van der Waals surface area contributed by atoms with Gasteiger partial charge in [0.05, 0.1) is 0 Å². The van der Waals surface area contributed by atoms with Gasteiger partial charge in [0, 0.05) is 47.8 Å². The number of thiazole rings is 1. The Morgan fingerprint density at radius 1 is 1.04 bits per heavy atom. The van der Waals surface area contributed by atoms with E-state index in [0.717, 1.165) is 35.0 Å². The van der Waals surface area contributed by atoms with Gasteiger partial charge in [-0.15, -0.1) is 11.3 Å². The van der Waals surface area contributed by atoms with E-state index in [4.69, 9.17) is 0 Å². The Kier molecular flexibility index (Phi) is 4.43. The molecule has 3 aromatic rings. The highest BCUT2D eigenvalue weighted by atomic mass is 32.1. The minimum atomic E-state index is -0.192. The molecule has 4 rings (SSSR count). The SMILES string of the molecule is O=C(Nc1ccc(-c2nccs2)cc1)c1cc(N2CCCC2)ccn1. The highest BCUT2D eigenvalue weighted by molar-refractivity contribution is 7.13. The first-order valence-electron chi connectivity index (χ1n) is 8.32. The van der Waals surface area contributed by atoms with E-state index < -0.39 is 0 Å². The van der Waals surface area contributed by atoms with E-state index in [1.807, 2.05) is 41.8 Å². The van der Waals surface area contributed by atoms with Gasteiger partial charge in [-0.05, 0) is 49.2 Å². The summed E-state index contributed by atoms with van der Waals surface area (Å²) in [7, 11) is 0. The van der Waals surface area contributed by atoms with Crippen LogP contribution in [-0.2, 0) is 0 Å². The van der Waals surface area contributed by atoms with Crippen molar-refractivity contribution in [2.75, 3.05) is 23.3 Å². The molecule has 0 spiro atoms. The zero-order valence-corrected chi connectivity index (χ0v) is 14.5. The maximum atomic E-state index is 12.5. The Morgan fingerprint density at radius 2 is 1.84 bits per heavy atom. The van der Waals surface area contributed by atoms with Crippen LogP contribution in [0.25, 0.3) is 10.6 Å². The quantitative estimate of drug-likeness (QED) is 0.771. The van der Waals surface area contributed by atoms with Crippen LogP contribution >= 0.6 is 11.3 Å². The van der Waals surface area contributed by atoms with E-state index >= 15 is 0 Å². The van der Waals surface area contributed by atoms with Crippen LogP contribution in [0.2, 0.25) is 0 Å². The lowest BCUT2D eigenvalue weighted by Gasteiger charge is -2.17. The van der Waals surface area contributed by atoms with Gasteiger partial charge in [-0.2, -0.15) is 0 Å². The van der Waals surface area contributed by atoms with Crippen molar-refractivity contribution in [3.8, 4) is 10.6 Å². The summed E-state index contributed by atoms with van der Waals surface area (Å²) in [4.78, 5) is 23.3. The Labute approximate surface area is 150 Å². The van der Waals surface area contributed by atoms with E-state index in [0.29, 0.717) is 5.69 Å². The first-order valence-corrected chi connectivity index (χ1v) is 9.20. The van der Waals surface area contributed by atoms with Gasteiger partial charge in [0.1, 0.15) is 10.7 Å². The monoisotopic (exact) mass is 350 g/mol. The largest absolute Gasteiger partial charge is 0.371 e. The summed E-state index contributed by atoms with van der Waals surface area (Å²) in [5.74, 6) is -0.192. The van der Waals surface area contributed by atoms with Crippen molar-refractivity contribution in [1.82, 2.24) is 9.97 Å². The molecule has 0 radical (unpaired) electrons. The normalized spacial score (nSPS) is 13.8. The molecule has 0 atom stereocenters. The molecule has 1 fully saturated rings. The second-order valence-corrected chi connectivity index (χ2v) is 6.86. The smallest absolute Gasteiger partial charge is 0.274 e. The molecular weight excluding hydrogens is 332 g/mol. The van der Waals surface area contributed by atoms with Gasteiger partial charge < -0.3 is 10.2 Å². The van der Waals surface area contributed by atoms with Crippen LogP contribution in [0.1, 0.15) is 23.3 Å². The Balaban J connectivity index is 1.47. The molecule has 3 heterocycles. The van der Waals surface area contributed by atoms with Crippen molar-refractivity contribution in [2.45, 2.75) is 12.8 Å². The first-order chi connectivity index (χ1) is 12.3. The second-order valence-electron chi connectivity index (χ2n) is 5.96. The number of hydrogen-bond acceptors (Lipinski definition) is 5. The molecule has 6 heteroatoms. The fourth-order valence-electron chi connectivity index (χ4n) is 2.97. The van der Waals surface area contributed by atoms with Gasteiger partial charge in [-0.1, -0.05) is 0 Å². The third kappa shape index (κ3) is 3.53. The molecule has 1 amide bonds. The molecular formula is C19H18N4OS. The summed E-state index contributed by atoms with van der Waals surface area (Å²) in [5.41, 5.74) is 3.30. The molecule has 1 N–H and O–H groups in total. The predicted octanol–water partition coefficient (Wildman–Crippen LogP) is 4.06. The fraction of sp³-hybridized carbons (Fsp3) is 0.211. The van der Waals surface area contributed by atoms with Crippen LogP contribution in [0.15, 0.2) is 54.2 Å². The number of nitrogens with zero attached hydrogens (tertiary/aromatic N) is 3. The molecule has 1 saturated heterocycles. The molecule has 25 heavy (non-hydrogen) atoms. The number of rotatable bonds is 4. The molecule has 1 aliphatic rings. The average molecular weight is 350 g/mol. The van der Waals surface area contributed by atoms with Gasteiger partial charge in [0.25, 0.3) is 5.91 Å². The summed E-state index contributed by atoms with van der Waals surface area (Å²) in [6.07, 6.45) is 5.90. The van der Waals surface area contributed by atoms with Crippen molar-refractivity contribution in [2.24, 2.45) is 0 Å². The van der Waals surface area contributed by atoms with Crippen LogP contribution in [0.5, 0.6) is 0 Å². The minimum absolute atomic E-state index is 0.192. The maximum Gasteiger partial charge on any atom is 0.274 e. The molecule has 0 saturated carbocycles. The van der Waals surface area contributed by atoms with Crippen molar-refractivity contribution >= 4 is 28.6 Å². The Hall–Kier alpha value is -2.73. The molecule has 2 aromatic heterocycles. The number of benzene rings is 1. The number of aromatic nitrogens is 2. The summed E-state index contributed by atoms with van der Waals surface area (Å²) in [6.45, 7) is 2.09. The van der Waals surface area contributed by atoms with E-state index in [1.54, 1.807) is 23.7 Å². The van der Waals surface area contributed by atoms with Gasteiger partial charge >= 0.3 is 0 Å². The van der Waals surface area contributed by atoms with Gasteiger partial charge in [0.15, 0.2) is 0 Å². The van der Waals surface area contributed by atoms with Crippen molar-refractivity contribution in [1.29, 1.82) is 0 Å². The molecule has 126 valence electrons. The fourth-order valence-corrected chi connectivity index (χ4v) is 3.62. The van der Waals surface area contributed by atoms with Crippen LogP contribution in [0.3, 0.4) is 0 Å². The lowest BCUT2D eigenvalue weighted by molar-refractivity contribution is 0.102. The van der Waals surface area contributed by atoms with Gasteiger partial charge in [-0.25, -0.2) is 4.98 Å². The number of hydrogen-bond donors (Lipinski definition) is 1. The molecule has 0 aliphatic carbocycles. The molecule has 0 unspecified atom stereocenters. The van der Waals surface area contributed by atoms with E-state index in [-0.39, 0.29) is 5.91 Å². The number of nitrogens with one attached hydrogen (secondary N) is 1. The molecule has 0 bridgehead atoms. The molecule has 1 aromatic carbocycles. The first kappa shape index (κ1) is 15.8. The van der Waals surface area contributed by atoms with Crippen molar-refractivity contribution in [3.63, 3.8) is 0 Å². The van der Waals surface area contributed by atoms with Crippen LogP contribution in [0, 0.1) is 0 Å². The Bertz CT molecular complexity index is 855. The average Bonchev–Trinajstić information content (AvgIpc) is 3.36. The standard InChI is InChI=1S/C19H18N4OS/c24-18(17-13-16(7-8-20-17)23-10-1-2-11-23)22-15-5-3-14(4-6-15)19-21-9-12-25-19/h3-9,12-13H,1-2,10-11H2,(H,22,24). The van der Waals surface area contributed by atoms with E-state index in [2.05, 4.69) is 20.2 Å². The van der Waals surface area contributed by atoms with Crippen LogP contribution in [-0.4, -0.2) is 29.0 Å². The Morgan fingerprint density at radius 3 is 2.56 bits per heavy atom. The minimum Gasteiger partial charge on any atom is -0.371 e. The number of pyridine rings is 1. The number of carbonyl (C=O) groups excluding carboxylic acids is 1. The topological polar surface area (TPSA) is 58.1 Å². The van der Waals surface area contributed by atoms with E-state index in [9.17, 15) is 4.79 Å². The molecule has 5 nitrogen and oxygen atoms in total. The summed E-state index contributed by atoms with van der Waals surface area (Å²) in [6, 6.07) is 11.5. The maximum absolute atomic E-state index is 12.5. The zero-order valence-electron chi connectivity index (χ0n) is 13.7. The highest BCUT2D eigenvalue weighted by Crippen LogP contribution is 2.24.